The molecule has 2 atom stereocenters. The van der Waals surface area contributed by atoms with Crippen LogP contribution < -0.4 is 5.32 Å². The smallest absolute Gasteiger partial charge is 0.220 e. The van der Waals surface area contributed by atoms with Gasteiger partial charge in [0.15, 0.2) is 0 Å². The predicted octanol–water partition coefficient (Wildman–Crippen LogP) is 17.1. The van der Waals surface area contributed by atoms with Crippen LogP contribution in [0.15, 0.2) is 109 Å². The average molecular weight is 858 g/mol. The van der Waals surface area contributed by atoms with Gasteiger partial charge in [-0.1, -0.05) is 252 Å². The maximum Gasteiger partial charge on any atom is 0.220 e. The van der Waals surface area contributed by atoms with Crippen molar-refractivity contribution in [3.8, 4) is 0 Å². The van der Waals surface area contributed by atoms with Crippen LogP contribution in [0.3, 0.4) is 0 Å². The van der Waals surface area contributed by atoms with E-state index in [9.17, 15) is 15.0 Å². The van der Waals surface area contributed by atoms with Crippen molar-refractivity contribution >= 4 is 5.91 Å². The number of nitrogens with one attached hydrogen (secondary N) is 1. The van der Waals surface area contributed by atoms with Gasteiger partial charge in [-0.15, -0.1) is 0 Å². The SMILES string of the molecule is CC/C=C\C/C=C\C/C=C\C/C=C\C/C=C\C/C=C\C/C=C\C/C=C\CCCCC(=O)NC(CO)C(O)/C=C/CCCCCCCCCCCCCCCCCCCCCCC. The number of unbranched alkanes of at least 4 members (excludes halogenated alkanes) is 23. The molecule has 0 saturated carbocycles. The standard InChI is InChI=1S/C58H99NO3/c1-3-5-7-9-11-13-15-17-19-21-23-25-27-28-29-30-32-34-36-38-40-42-44-46-48-50-52-54-58(62)59-56(55-60)57(61)53-51-49-47-45-43-41-39-37-35-33-31-26-24-22-20-18-16-14-12-10-8-6-4-2/h5,7,11,13,17,19,23,25,28-29,32,34,38,40,44,46,51,53,56-57,60-61H,3-4,6,8-10,12,14-16,18,20-22,24,26-27,30-31,33,35-37,39,41-43,45,47-50,52,54-55H2,1-2H3,(H,59,62)/b7-5-,13-11-,19-17-,25-23-,29-28-,34-32-,40-38-,46-44-,53-51+. The zero-order chi connectivity index (χ0) is 44.9. The first kappa shape index (κ1) is 59.0. The molecule has 354 valence electrons. The summed E-state index contributed by atoms with van der Waals surface area (Å²) in [5.41, 5.74) is 0. The van der Waals surface area contributed by atoms with Crippen LogP contribution in [-0.4, -0.2) is 34.9 Å². The van der Waals surface area contributed by atoms with E-state index in [2.05, 4.69) is 116 Å². The Labute approximate surface area is 385 Å². The van der Waals surface area contributed by atoms with Gasteiger partial charge in [0.05, 0.1) is 18.8 Å². The Hall–Kier alpha value is -2.95. The minimum absolute atomic E-state index is 0.109. The summed E-state index contributed by atoms with van der Waals surface area (Å²) in [5, 5.41) is 23.1. The third-order valence-corrected chi connectivity index (χ3v) is 11.3. The summed E-state index contributed by atoms with van der Waals surface area (Å²) in [4.78, 5) is 12.4. The molecular weight excluding hydrogens is 759 g/mol. The van der Waals surface area contributed by atoms with E-state index in [0.29, 0.717) is 6.42 Å². The van der Waals surface area contributed by atoms with E-state index in [-0.39, 0.29) is 12.5 Å². The minimum atomic E-state index is -0.866. The summed E-state index contributed by atoms with van der Waals surface area (Å²) in [6.45, 7) is 4.18. The van der Waals surface area contributed by atoms with E-state index in [0.717, 1.165) is 83.5 Å². The fourth-order valence-corrected chi connectivity index (χ4v) is 7.31. The normalized spacial score (nSPS) is 13.8. The Morgan fingerprint density at radius 3 is 1.06 bits per heavy atom. The van der Waals surface area contributed by atoms with Crippen molar-refractivity contribution in [1.82, 2.24) is 5.32 Å². The largest absolute Gasteiger partial charge is 0.394 e. The zero-order valence-corrected chi connectivity index (χ0v) is 40.6. The highest BCUT2D eigenvalue weighted by Gasteiger charge is 2.17. The molecule has 0 aliphatic heterocycles. The van der Waals surface area contributed by atoms with Crippen molar-refractivity contribution in [2.24, 2.45) is 0 Å². The highest BCUT2D eigenvalue weighted by molar-refractivity contribution is 5.76. The molecule has 0 fully saturated rings. The van der Waals surface area contributed by atoms with Gasteiger partial charge in [0.25, 0.3) is 0 Å². The van der Waals surface area contributed by atoms with Crippen LogP contribution in [0.25, 0.3) is 0 Å². The molecule has 0 heterocycles. The maximum atomic E-state index is 12.4. The van der Waals surface area contributed by atoms with Gasteiger partial charge in [-0.2, -0.15) is 0 Å². The molecule has 3 N–H and O–H groups in total. The van der Waals surface area contributed by atoms with Crippen molar-refractivity contribution in [3.05, 3.63) is 109 Å². The highest BCUT2D eigenvalue weighted by atomic mass is 16.3. The molecule has 4 heteroatoms. The molecule has 2 unspecified atom stereocenters. The lowest BCUT2D eigenvalue weighted by Crippen LogP contribution is -2.45. The lowest BCUT2D eigenvalue weighted by molar-refractivity contribution is -0.123. The third-order valence-electron chi connectivity index (χ3n) is 11.3. The van der Waals surface area contributed by atoms with Crippen molar-refractivity contribution < 1.29 is 15.0 Å². The molecule has 0 aromatic rings. The monoisotopic (exact) mass is 858 g/mol. The van der Waals surface area contributed by atoms with Crippen LogP contribution in [0.2, 0.25) is 0 Å². The number of aliphatic hydroxyl groups excluding tert-OH is 2. The van der Waals surface area contributed by atoms with Crippen LogP contribution >= 0.6 is 0 Å². The maximum absolute atomic E-state index is 12.4. The molecule has 0 aliphatic rings. The number of amides is 1. The Balaban J connectivity index is 3.68. The molecule has 0 saturated heterocycles. The highest BCUT2D eigenvalue weighted by Crippen LogP contribution is 2.16. The second-order valence-electron chi connectivity index (χ2n) is 17.2. The summed E-state index contributed by atoms with van der Waals surface area (Å²) >= 11 is 0. The molecule has 0 bridgehead atoms. The van der Waals surface area contributed by atoms with E-state index >= 15 is 0 Å². The first-order valence-corrected chi connectivity index (χ1v) is 26.1. The van der Waals surface area contributed by atoms with Crippen molar-refractivity contribution in [2.75, 3.05) is 6.61 Å². The van der Waals surface area contributed by atoms with E-state index in [1.165, 1.54) is 128 Å². The van der Waals surface area contributed by atoms with Gasteiger partial charge in [-0.25, -0.2) is 0 Å². The quantitative estimate of drug-likeness (QED) is 0.0422. The van der Waals surface area contributed by atoms with Crippen molar-refractivity contribution in [2.45, 2.75) is 244 Å². The first-order valence-electron chi connectivity index (χ1n) is 26.1. The average Bonchev–Trinajstić information content (AvgIpc) is 3.28. The minimum Gasteiger partial charge on any atom is -0.394 e. The fraction of sp³-hybridized carbons (Fsp3) is 0.672. The summed E-state index contributed by atoms with van der Waals surface area (Å²) in [6, 6.07) is -0.655. The topological polar surface area (TPSA) is 69.6 Å². The van der Waals surface area contributed by atoms with Gasteiger partial charge in [-0.05, 0) is 83.5 Å². The fourth-order valence-electron chi connectivity index (χ4n) is 7.31. The number of hydrogen-bond donors (Lipinski definition) is 3. The number of allylic oxidation sites excluding steroid dienone is 17. The van der Waals surface area contributed by atoms with Crippen molar-refractivity contribution in [3.63, 3.8) is 0 Å². The molecule has 0 spiro atoms. The van der Waals surface area contributed by atoms with Crippen LogP contribution in [-0.2, 0) is 4.79 Å². The number of rotatable bonds is 46. The van der Waals surface area contributed by atoms with E-state index in [4.69, 9.17) is 0 Å². The molecule has 62 heavy (non-hydrogen) atoms. The lowest BCUT2D eigenvalue weighted by Gasteiger charge is -2.19. The second-order valence-corrected chi connectivity index (χ2v) is 17.2. The Kier molecular flexibility index (Phi) is 49.9. The Morgan fingerprint density at radius 1 is 0.403 bits per heavy atom. The Morgan fingerprint density at radius 2 is 0.710 bits per heavy atom. The Bertz CT molecular complexity index is 1200. The molecular formula is C58H99NO3. The van der Waals surface area contributed by atoms with Crippen LogP contribution in [0.4, 0.5) is 0 Å². The zero-order valence-electron chi connectivity index (χ0n) is 40.6. The van der Waals surface area contributed by atoms with Crippen LogP contribution in [0, 0.1) is 0 Å². The molecule has 0 radical (unpaired) electrons. The second kappa shape index (κ2) is 52.4. The van der Waals surface area contributed by atoms with E-state index in [1.807, 2.05) is 6.08 Å². The number of aliphatic hydroxyl groups is 2. The van der Waals surface area contributed by atoms with Gasteiger partial charge in [0, 0.05) is 6.42 Å². The number of carbonyl (C=O) groups is 1. The van der Waals surface area contributed by atoms with E-state index < -0.39 is 12.1 Å². The predicted molar refractivity (Wildman–Crippen MR) is 276 cm³/mol. The lowest BCUT2D eigenvalue weighted by atomic mass is 10.0. The molecule has 0 aromatic heterocycles. The van der Waals surface area contributed by atoms with Crippen LogP contribution in [0.1, 0.15) is 232 Å². The summed E-state index contributed by atoms with van der Waals surface area (Å²) in [6.07, 6.45) is 79.4. The van der Waals surface area contributed by atoms with Gasteiger partial charge in [-0.3, -0.25) is 4.79 Å². The summed E-state index contributed by atoms with van der Waals surface area (Å²) in [7, 11) is 0. The van der Waals surface area contributed by atoms with Crippen molar-refractivity contribution in [1.29, 1.82) is 0 Å². The third kappa shape index (κ3) is 48.1. The molecule has 0 aromatic carbocycles. The summed E-state index contributed by atoms with van der Waals surface area (Å²) in [5.74, 6) is -0.109. The molecule has 4 nitrogen and oxygen atoms in total. The molecule has 0 rings (SSSR count). The van der Waals surface area contributed by atoms with E-state index in [1.54, 1.807) is 6.08 Å². The number of hydrogen-bond acceptors (Lipinski definition) is 3. The van der Waals surface area contributed by atoms with Crippen LogP contribution in [0.5, 0.6) is 0 Å². The molecule has 0 aliphatic carbocycles. The van der Waals surface area contributed by atoms with Gasteiger partial charge < -0.3 is 15.5 Å². The van der Waals surface area contributed by atoms with Gasteiger partial charge in [0.2, 0.25) is 5.91 Å². The molecule has 1 amide bonds. The summed E-state index contributed by atoms with van der Waals surface area (Å²) < 4.78 is 0. The first-order chi connectivity index (χ1) is 30.7. The number of carbonyl (C=O) groups excluding carboxylic acids is 1. The van der Waals surface area contributed by atoms with Gasteiger partial charge in [0.1, 0.15) is 0 Å². The van der Waals surface area contributed by atoms with Gasteiger partial charge >= 0.3 is 0 Å².